The lowest BCUT2D eigenvalue weighted by Crippen LogP contribution is -1.93. The van der Waals surface area contributed by atoms with Gasteiger partial charge >= 0.3 is 0 Å². The molecule has 60 valence electrons. The molecule has 11 heavy (non-hydrogen) atoms. The molecule has 0 spiro atoms. The SMILES string of the molecule is C=CC=NC1=C(S)CCCC1. The van der Waals surface area contributed by atoms with Crippen LogP contribution in [0.25, 0.3) is 0 Å². The first-order valence-electron chi connectivity index (χ1n) is 3.90. The van der Waals surface area contributed by atoms with Gasteiger partial charge in [-0.25, -0.2) is 0 Å². The minimum Gasteiger partial charge on any atom is -0.261 e. The molecule has 0 aliphatic heterocycles. The van der Waals surface area contributed by atoms with Crippen LogP contribution < -0.4 is 0 Å². The average Bonchev–Trinajstić information content (AvgIpc) is 2.03. The summed E-state index contributed by atoms with van der Waals surface area (Å²) in [6.07, 6.45) is 8.09. The number of hydrogen-bond acceptors (Lipinski definition) is 2. The Labute approximate surface area is 73.3 Å². The van der Waals surface area contributed by atoms with Crippen LogP contribution in [0.1, 0.15) is 25.7 Å². The largest absolute Gasteiger partial charge is 0.261 e. The van der Waals surface area contributed by atoms with Gasteiger partial charge in [0.1, 0.15) is 0 Å². The number of allylic oxidation sites excluding steroid dienone is 3. The van der Waals surface area contributed by atoms with Crippen LogP contribution in [0, 0.1) is 0 Å². The summed E-state index contributed by atoms with van der Waals surface area (Å²) in [6, 6.07) is 0. The third-order valence-electron chi connectivity index (χ3n) is 1.75. The molecule has 1 aliphatic rings. The van der Waals surface area contributed by atoms with Gasteiger partial charge in [0.05, 0.1) is 0 Å². The van der Waals surface area contributed by atoms with Crippen molar-refractivity contribution in [2.75, 3.05) is 0 Å². The molecule has 0 aromatic rings. The van der Waals surface area contributed by atoms with Gasteiger partial charge in [-0.1, -0.05) is 12.7 Å². The second-order valence-corrected chi connectivity index (χ2v) is 3.15. The molecule has 0 saturated carbocycles. The van der Waals surface area contributed by atoms with E-state index in [1.807, 2.05) is 0 Å². The topological polar surface area (TPSA) is 12.4 Å². The third kappa shape index (κ3) is 2.54. The normalized spacial score (nSPS) is 19.4. The molecule has 0 unspecified atom stereocenters. The Morgan fingerprint density at radius 3 is 2.73 bits per heavy atom. The Morgan fingerprint density at radius 2 is 2.09 bits per heavy atom. The number of nitrogens with zero attached hydrogens (tertiary/aromatic N) is 1. The van der Waals surface area contributed by atoms with Gasteiger partial charge in [-0.15, -0.1) is 12.6 Å². The first-order valence-corrected chi connectivity index (χ1v) is 4.35. The maximum atomic E-state index is 4.36. The first kappa shape index (κ1) is 8.60. The fraction of sp³-hybridized carbons (Fsp3) is 0.444. The van der Waals surface area contributed by atoms with Crippen LogP contribution in [0.4, 0.5) is 0 Å². The molecule has 1 rings (SSSR count). The lowest BCUT2D eigenvalue weighted by atomic mass is 10.1. The molecule has 2 heteroatoms. The van der Waals surface area contributed by atoms with E-state index in [4.69, 9.17) is 0 Å². The van der Waals surface area contributed by atoms with E-state index in [0.29, 0.717) is 0 Å². The minimum atomic E-state index is 1.07. The minimum absolute atomic E-state index is 1.07. The van der Waals surface area contributed by atoms with E-state index in [0.717, 1.165) is 23.4 Å². The average molecular weight is 167 g/mol. The van der Waals surface area contributed by atoms with Gasteiger partial charge in [0.25, 0.3) is 0 Å². The van der Waals surface area contributed by atoms with Crippen LogP contribution in [0.3, 0.4) is 0 Å². The molecule has 0 radical (unpaired) electrons. The van der Waals surface area contributed by atoms with Crippen molar-refractivity contribution in [3.8, 4) is 0 Å². The molecule has 0 amide bonds. The van der Waals surface area contributed by atoms with Crippen LogP contribution in [0.15, 0.2) is 28.2 Å². The van der Waals surface area contributed by atoms with Crippen LogP contribution in [-0.4, -0.2) is 6.21 Å². The Bertz CT molecular complexity index is 204. The lowest BCUT2D eigenvalue weighted by molar-refractivity contribution is 0.690. The first-order chi connectivity index (χ1) is 5.34. The second-order valence-electron chi connectivity index (χ2n) is 2.61. The van der Waals surface area contributed by atoms with Gasteiger partial charge in [-0.3, -0.25) is 4.99 Å². The molecule has 0 bridgehead atoms. The van der Waals surface area contributed by atoms with E-state index in [9.17, 15) is 0 Å². The molecule has 0 aromatic carbocycles. The zero-order valence-corrected chi connectivity index (χ0v) is 7.48. The van der Waals surface area contributed by atoms with Crippen LogP contribution in [0.5, 0.6) is 0 Å². The predicted octanol–water partition coefficient (Wildman–Crippen LogP) is 2.96. The van der Waals surface area contributed by atoms with Crippen molar-refractivity contribution in [3.05, 3.63) is 23.3 Å². The predicted molar refractivity (Wildman–Crippen MR) is 53.2 cm³/mol. The maximum absolute atomic E-state index is 4.36. The monoisotopic (exact) mass is 167 g/mol. The highest BCUT2D eigenvalue weighted by atomic mass is 32.1. The summed E-state index contributed by atoms with van der Waals surface area (Å²) in [7, 11) is 0. The van der Waals surface area contributed by atoms with Crippen molar-refractivity contribution in [2.45, 2.75) is 25.7 Å². The van der Waals surface area contributed by atoms with Gasteiger partial charge in [0.15, 0.2) is 0 Å². The molecule has 0 atom stereocenters. The summed E-state index contributed by atoms with van der Waals surface area (Å²) in [5.41, 5.74) is 1.14. The van der Waals surface area contributed by atoms with E-state index in [1.54, 1.807) is 12.3 Å². The van der Waals surface area contributed by atoms with Gasteiger partial charge in [-0.05, 0) is 25.7 Å². The highest BCUT2D eigenvalue weighted by Crippen LogP contribution is 2.27. The van der Waals surface area contributed by atoms with Crippen LogP contribution >= 0.6 is 12.6 Å². The maximum Gasteiger partial charge on any atom is 0.0495 e. The fourth-order valence-electron chi connectivity index (χ4n) is 1.16. The number of aliphatic imine (C=N–C) groups is 1. The molecule has 0 saturated heterocycles. The van der Waals surface area contributed by atoms with Crippen molar-refractivity contribution >= 4 is 18.8 Å². The van der Waals surface area contributed by atoms with Gasteiger partial charge < -0.3 is 0 Å². The van der Waals surface area contributed by atoms with E-state index >= 15 is 0 Å². The molecular formula is C9H13NS. The van der Waals surface area contributed by atoms with Crippen LogP contribution in [0.2, 0.25) is 0 Å². The third-order valence-corrected chi connectivity index (χ3v) is 2.23. The van der Waals surface area contributed by atoms with Crippen molar-refractivity contribution in [2.24, 2.45) is 4.99 Å². The van der Waals surface area contributed by atoms with Crippen molar-refractivity contribution < 1.29 is 0 Å². The number of rotatable bonds is 2. The molecule has 1 nitrogen and oxygen atoms in total. The Morgan fingerprint density at radius 1 is 1.36 bits per heavy atom. The zero-order chi connectivity index (χ0) is 8.10. The van der Waals surface area contributed by atoms with Crippen molar-refractivity contribution in [3.63, 3.8) is 0 Å². The summed E-state index contributed by atoms with van der Waals surface area (Å²) < 4.78 is 0. The number of thiol groups is 1. The smallest absolute Gasteiger partial charge is 0.0495 e. The Kier molecular flexibility index (Phi) is 3.43. The van der Waals surface area contributed by atoms with Crippen LogP contribution in [-0.2, 0) is 0 Å². The van der Waals surface area contributed by atoms with E-state index in [2.05, 4.69) is 24.2 Å². The van der Waals surface area contributed by atoms with E-state index < -0.39 is 0 Å². The van der Waals surface area contributed by atoms with Crippen molar-refractivity contribution in [1.82, 2.24) is 0 Å². The fourth-order valence-corrected chi connectivity index (χ4v) is 1.48. The highest BCUT2D eigenvalue weighted by Gasteiger charge is 2.07. The highest BCUT2D eigenvalue weighted by molar-refractivity contribution is 7.84. The lowest BCUT2D eigenvalue weighted by Gasteiger charge is -2.12. The summed E-state index contributed by atoms with van der Waals surface area (Å²) in [6.45, 7) is 3.57. The van der Waals surface area contributed by atoms with E-state index in [-0.39, 0.29) is 0 Å². The Hall–Kier alpha value is -0.500. The quantitative estimate of drug-likeness (QED) is 0.479. The van der Waals surface area contributed by atoms with Gasteiger partial charge in [-0.2, -0.15) is 0 Å². The molecule has 0 heterocycles. The zero-order valence-electron chi connectivity index (χ0n) is 6.58. The van der Waals surface area contributed by atoms with Gasteiger partial charge in [0, 0.05) is 16.8 Å². The summed E-state index contributed by atoms with van der Waals surface area (Å²) >= 11 is 4.36. The van der Waals surface area contributed by atoms with Gasteiger partial charge in [0.2, 0.25) is 0 Å². The number of hydrogen-bond donors (Lipinski definition) is 1. The summed E-state index contributed by atoms with van der Waals surface area (Å²) in [4.78, 5) is 5.39. The standard InChI is InChI=1S/C9H13NS/c1-2-7-10-8-5-3-4-6-9(8)11/h2,7,11H,1,3-6H2. The second kappa shape index (κ2) is 4.39. The molecule has 0 aromatic heterocycles. The summed E-state index contributed by atoms with van der Waals surface area (Å²) in [5, 5.41) is 0. The van der Waals surface area contributed by atoms with Crippen molar-refractivity contribution in [1.29, 1.82) is 0 Å². The molecule has 0 N–H and O–H groups in total. The Balaban J connectivity index is 2.66. The molecule has 0 fully saturated rings. The molecule has 1 aliphatic carbocycles. The molecular weight excluding hydrogens is 154 g/mol. The summed E-state index contributed by atoms with van der Waals surface area (Å²) in [5.74, 6) is 0. The van der Waals surface area contributed by atoms with E-state index in [1.165, 1.54) is 12.8 Å².